The fourth-order valence-electron chi connectivity index (χ4n) is 2.43. The number of carbonyl (C=O) groups is 2. The molecule has 148 valence electrons. The SMILES string of the molecule is CC(Sc1ccc(NC(=O)c2ccc(Cl)cc2Cl)cc1)C(=O)Nc1ccncc1. The first-order valence-electron chi connectivity index (χ1n) is 8.66. The maximum atomic E-state index is 12.4. The van der Waals surface area contributed by atoms with Crippen molar-refractivity contribution in [2.75, 3.05) is 10.6 Å². The Labute approximate surface area is 182 Å². The normalized spacial score (nSPS) is 11.6. The van der Waals surface area contributed by atoms with Crippen LogP contribution >= 0.6 is 35.0 Å². The summed E-state index contributed by atoms with van der Waals surface area (Å²) in [5, 5.41) is 6.10. The summed E-state index contributed by atoms with van der Waals surface area (Å²) in [6.45, 7) is 1.83. The smallest absolute Gasteiger partial charge is 0.257 e. The number of hydrogen-bond acceptors (Lipinski definition) is 4. The van der Waals surface area contributed by atoms with Crippen molar-refractivity contribution < 1.29 is 9.59 Å². The number of thioether (sulfide) groups is 1. The Bertz CT molecular complexity index is 1010. The van der Waals surface area contributed by atoms with E-state index in [1.165, 1.54) is 17.8 Å². The number of aromatic nitrogens is 1. The minimum absolute atomic E-state index is 0.101. The summed E-state index contributed by atoms with van der Waals surface area (Å²) >= 11 is 13.4. The summed E-state index contributed by atoms with van der Waals surface area (Å²) in [5.41, 5.74) is 1.67. The standard InChI is InChI=1S/C21H17Cl2N3O2S/c1-13(20(27)25-16-8-10-24-11-9-16)29-17-5-3-15(4-6-17)26-21(28)18-7-2-14(22)12-19(18)23/h2-13H,1H3,(H,26,28)(H,24,25,27). The molecule has 1 unspecified atom stereocenters. The Morgan fingerprint density at radius 2 is 1.59 bits per heavy atom. The molecule has 0 aliphatic rings. The maximum absolute atomic E-state index is 12.4. The number of anilines is 2. The van der Waals surface area contributed by atoms with Gasteiger partial charge < -0.3 is 10.6 Å². The lowest BCUT2D eigenvalue weighted by Gasteiger charge is -2.12. The molecule has 1 aromatic heterocycles. The van der Waals surface area contributed by atoms with Crippen LogP contribution in [0.1, 0.15) is 17.3 Å². The molecule has 2 aromatic carbocycles. The van der Waals surface area contributed by atoms with Crippen molar-refractivity contribution in [3.8, 4) is 0 Å². The molecule has 0 aliphatic heterocycles. The third-order valence-corrected chi connectivity index (χ3v) is 5.58. The van der Waals surface area contributed by atoms with Crippen LogP contribution in [-0.4, -0.2) is 22.0 Å². The van der Waals surface area contributed by atoms with Gasteiger partial charge in [-0.3, -0.25) is 14.6 Å². The van der Waals surface area contributed by atoms with Crippen molar-refractivity contribution >= 4 is 58.2 Å². The van der Waals surface area contributed by atoms with Crippen LogP contribution in [0.15, 0.2) is 71.9 Å². The van der Waals surface area contributed by atoms with E-state index in [1.807, 2.05) is 19.1 Å². The molecular formula is C21H17Cl2N3O2S. The first-order valence-corrected chi connectivity index (χ1v) is 10.3. The van der Waals surface area contributed by atoms with E-state index in [4.69, 9.17) is 23.2 Å². The van der Waals surface area contributed by atoms with Crippen molar-refractivity contribution in [3.63, 3.8) is 0 Å². The molecule has 1 heterocycles. The van der Waals surface area contributed by atoms with Gasteiger partial charge in [0.2, 0.25) is 5.91 Å². The number of nitrogens with zero attached hydrogens (tertiary/aromatic N) is 1. The molecule has 0 radical (unpaired) electrons. The van der Waals surface area contributed by atoms with Crippen molar-refractivity contribution in [1.29, 1.82) is 0 Å². The molecule has 0 aliphatic carbocycles. The van der Waals surface area contributed by atoms with E-state index in [9.17, 15) is 9.59 Å². The number of rotatable bonds is 6. The van der Waals surface area contributed by atoms with Gasteiger partial charge in [0.05, 0.1) is 15.8 Å². The van der Waals surface area contributed by atoms with Gasteiger partial charge in [0.15, 0.2) is 0 Å². The number of amides is 2. The zero-order chi connectivity index (χ0) is 20.8. The van der Waals surface area contributed by atoms with E-state index in [1.54, 1.807) is 48.8 Å². The maximum Gasteiger partial charge on any atom is 0.257 e. The molecule has 3 aromatic rings. The average molecular weight is 446 g/mol. The monoisotopic (exact) mass is 445 g/mol. The largest absolute Gasteiger partial charge is 0.325 e. The first kappa shape index (κ1) is 21.2. The zero-order valence-corrected chi connectivity index (χ0v) is 17.7. The van der Waals surface area contributed by atoms with E-state index < -0.39 is 0 Å². The average Bonchev–Trinajstić information content (AvgIpc) is 2.70. The molecule has 3 rings (SSSR count). The number of hydrogen-bond donors (Lipinski definition) is 2. The third kappa shape index (κ3) is 5.97. The molecule has 8 heteroatoms. The third-order valence-electron chi connectivity index (χ3n) is 3.92. The molecule has 0 saturated heterocycles. The van der Waals surface area contributed by atoms with Gasteiger partial charge in [-0.1, -0.05) is 23.2 Å². The Balaban J connectivity index is 1.58. The zero-order valence-electron chi connectivity index (χ0n) is 15.4. The lowest BCUT2D eigenvalue weighted by molar-refractivity contribution is -0.115. The van der Waals surface area contributed by atoms with E-state index >= 15 is 0 Å². The van der Waals surface area contributed by atoms with Crippen LogP contribution in [0.5, 0.6) is 0 Å². The second kappa shape index (κ2) is 9.78. The molecule has 0 saturated carbocycles. The van der Waals surface area contributed by atoms with Crippen LogP contribution in [0.3, 0.4) is 0 Å². The molecule has 0 fully saturated rings. The number of nitrogens with one attached hydrogen (secondary N) is 2. The van der Waals surface area contributed by atoms with Gasteiger partial charge in [-0.05, 0) is 61.5 Å². The second-order valence-corrected chi connectivity index (χ2v) is 8.35. The quantitative estimate of drug-likeness (QED) is 0.473. The molecule has 5 nitrogen and oxygen atoms in total. The van der Waals surface area contributed by atoms with Gasteiger partial charge in [0.25, 0.3) is 5.91 Å². The van der Waals surface area contributed by atoms with Gasteiger partial charge in [-0.2, -0.15) is 0 Å². The van der Waals surface area contributed by atoms with Gasteiger partial charge in [0.1, 0.15) is 0 Å². The van der Waals surface area contributed by atoms with Gasteiger partial charge in [-0.25, -0.2) is 0 Å². The number of benzene rings is 2. The Morgan fingerprint density at radius 3 is 2.24 bits per heavy atom. The number of halogens is 2. The van der Waals surface area contributed by atoms with Crippen LogP contribution in [-0.2, 0) is 4.79 Å². The molecule has 1 atom stereocenters. The minimum Gasteiger partial charge on any atom is -0.325 e. The molecule has 0 spiro atoms. The minimum atomic E-state index is -0.322. The summed E-state index contributed by atoms with van der Waals surface area (Å²) in [7, 11) is 0. The van der Waals surface area contributed by atoms with Gasteiger partial charge >= 0.3 is 0 Å². The highest BCUT2D eigenvalue weighted by Crippen LogP contribution is 2.26. The topological polar surface area (TPSA) is 71.1 Å². The summed E-state index contributed by atoms with van der Waals surface area (Å²) < 4.78 is 0. The fraction of sp³-hybridized carbons (Fsp3) is 0.0952. The van der Waals surface area contributed by atoms with Crippen LogP contribution in [0, 0.1) is 0 Å². The van der Waals surface area contributed by atoms with Crippen molar-refractivity contribution in [3.05, 3.63) is 82.6 Å². The van der Waals surface area contributed by atoms with E-state index in [0.29, 0.717) is 22.0 Å². The molecule has 0 bridgehead atoms. The van der Waals surface area contributed by atoms with Gasteiger partial charge in [-0.15, -0.1) is 11.8 Å². The van der Waals surface area contributed by atoms with Crippen LogP contribution < -0.4 is 10.6 Å². The van der Waals surface area contributed by atoms with Crippen molar-refractivity contribution in [1.82, 2.24) is 4.98 Å². The van der Waals surface area contributed by atoms with Crippen LogP contribution in [0.25, 0.3) is 0 Å². The van der Waals surface area contributed by atoms with Crippen molar-refractivity contribution in [2.24, 2.45) is 0 Å². The Hall–Kier alpha value is -2.54. The Kier molecular flexibility index (Phi) is 7.14. The van der Waals surface area contributed by atoms with Crippen LogP contribution in [0.2, 0.25) is 10.0 Å². The first-order chi connectivity index (χ1) is 13.9. The highest BCUT2D eigenvalue weighted by Gasteiger charge is 2.15. The van der Waals surface area contributed by atoms with Crippen molar-refractivity contribution in [2.45, 2.75) is 17.1 Å². The van der Waals surface area contributed by atoms with Gasteiger partial charge in [0, 0.05) is 33.7 Å². The summed E-state index contributed by atoms with van der Waals surface area (Å²) in [5.74, 6) is -0.423. The fourth-order valence-corrected chi connectivity index (χ4v) is 3.79. The van der Waals surface area contributed by atoms with Crippen LogP contribution in [0.4, 0.5) is 11.4 Å². The highest BCUT2D eigenvalue weighted by atomic mass is 35.5. The second-order valence-electron chi connectivity index (χ2n) is 6.09. The molecule has 2 N–H and O–H groups in total. The highest BCUT2D eigenvalue weighted by molar-refractivity contribution is 8.00. The summed E-state index contributed by atoms with van der Waals surface area (Å²) in [6.07, 6.45) is 3.25. The number of carbonyl (C=O) groups excluding carboxylic acids is 2. The summed E-state index contributed by atoms with van der Waals surface area (Å²) in [4.78, 5) is 29.5. The summed E-state index contributed by atoms with van der Waals surface area (Å²) in [6, 6.07) is 15.4. The van der Waals surface area contributed by atoms with E-state index in [-0.39, 0.29) is 22.1 Å². The molecular weight excluding hydrogens is 429 g/mol. The lowest BCUT2D eigenvalue weighted by atomic mass is 10.2. The predicted octanol–water partition coefficient (Wildman–Crippen LogP) is 5.76. The predicted molar refractivity (Wildman–Crippen MR) is 119 cm³/mol. The molecule has 2 amide bonds. The Morgan fingerprint density at radius 1 is 0.931 bits per heavy atom. The molecule has 29 heavy (non-hydrogen) atoms. The van der Waals surface area contributed by atoms with E-state index in [0.717, 1.165) is 4.90 Å². The van der Waals surface area contributed by atoms with E-state index in [2.05, 4.69) is 15.6 Å². The number of pyridine rings is 1. The lowest BCUT2D eigenvalue weighted by Crippen LogP contribution is -2.22.